The van der Waals surface area contributed by atoms with E-state index in [1.807, 2.05) is 6.08 Å². The first-order valence-electron chi connectivity index (χ1n) is 7.57. The fourth-order valence-corrected chi connectivity index (χ4v) is 4.33. The topological polar surface area (TPSA) is 12.4 Å². The van der Waals surface area contributed by atoms with Gasteiger partial charge in [0.25, 0.3) is 0 Å². The summed E-state index contributed by atoms with van der Waals surface area (Å²) in [5.74, 6) is 0.947. The molecule has 0 aromatic rings. The molecule has 2 heteroatoms. The van der Waals surface area contributed by atoms with Crippen molar-refractivity contribution in [3.05, 3.63) is 47.1 Å². The van der Waals surface area contributed by atoms with Crippen molar-refractivity contribution in [1.29, 1.82) is 0 Å². The van der Waals surface area contributed by atoms with Crippen molar-refractivity contribution in [3.8, 4) is 0 Å². The summed E-state index contributed by atoms with van der Waals surface area (Å²) >= 11 is 1.72. The highest BCUT2D eigenvalue weighted by atomic mass is 32.2. The smallest absolute Gasteiger partial charge is 0.108 e. The van der Waals surface area contributed by atoms with Crippen molar-refractivity contribution in [2.24, 2.45) is 10.9 Å². The molecular formula is C18H25NS. The standard InChI is InChI=1S/C18H25NS/c1-5-16-14(4)17(18(20-16)19-6-2)13(3)11-12-15-9-7-8-10-15/h5-6,15H,1-2,7-12H2,3-4H3/b17-13+,19-18?. The normalized spacial score (nSPS) is 24.6. The molecule has 1 fully saturated rings. The Labute approximate surface area is 127 Å². The van der Waals surface area contributed by atoms with E-state index in [-0.39, 0.29) is 0 Å². The number of hydrogen-bond donors (Lipinski definition) is 0. The third-order valence-electron chi connectivity index (χ3n) is 4.39. The molecule has 1 aliphatic carbocycles. The van der Waals surface area contributed by atoms with Gasteiger partial charge in [0, 0.05) is 16.7 Å². The van der Waals surface area contributed by atoms with Gasteiger partial charge in [-0.15, -0.1) is 0 Å². The zero-order chi connectivity index (χ0) is 14.5. The van der Waals surface area contributed by atoms with Gasteiger partial charge in [-0.25, -0.2) is 4.99 Å². The van der Waals surface area contributed by atoms with Gasteiger partial charge in [0.15, 0.2) is 0 Å². The molecule has 2 rings (SSSR count). The number of nitrogens with zero attached hydrogens (tertiary/aromatic N) is 1. The van der Waals surface area contributed by atoms with Crippen molar-refractivity contribution < 1.29 is 0 Å². The lowest BCUT2D eigenvalue weighted by Crippen LogP contribution is -2.00. The number of rotatable bonds is 5. The van der Waals surface area contributed by atoms with E-state index < -0.39 is 0 Å². The summed E-state index contributed by atoms with van der Waals surface area (Å²) in [6, 6.07) is 0. The van der Waals surface area contributed by atoms with Crippen LogP contribution in [0, 0.1) is 5.92 Å². The predicted molar refractivity (Wildman–Crippen MR) is 92.0 cm³/mol. The summed E-state index contributed by atoms with van der Waals surface area (Å²) in [6.07, 6.45) is 11.8. The summed E-state index contributed by atoms with van der Waals surface area (Å²) in [7, 11) is 0. The molecule has 1 saturated carbocycles. The molecule has 0 aromatic carbocycles. The maximum absolute atomic E-state index is 4.45. The zero-order valence-corrected chi connectivity index (χ0v) is 13.6. The second-order valence-electron chi connectivity index (χ2n) is 5.76. The van der Waals surface area contributed by atoms with Crippen LogP contribution in [-0.2, 0) is 0 Å². The predicted octanol–water partition coefficient (Wildman–Crippen LogP) is 6.02. The molecular weight excluding hydrogens is 262 g/mol. The van der Waals surface area contributed by atoms with E-state index in [1.54, 1.807) is 18.0 Å². The second kappa shape index (κ2) is 7.12. The lowest BCUT2D eigenvalue weighted by Gasteiger charge is -2.12. The Kier molecular flexibility index (Phi) is 5.47. The lowest BCUT2D eigenvalue weighted by molar-refractivity contribution is 0.502. The van der Waals surface area contributed by atoms with E-state index >= 15 is 0 Å². The maximum atomic E-state index is 4.45. The molecule has 1 nitrogen and oxygen atoms in total. The Morgan fingerprint density at radius 2 is 2.05 bits per heavy atom. The molecule has 0 radical (unpaired) electrons. The van der Waals surface area contributed by atoms with Crippen molar-refractivity contribution in [3.63, 3.8) is 0 Å². The van der Waals surface area contributed by atoms with Crippen molar-refractivity contribution >= 4 is 16.8 Å². The summed E-state index contributed by atoms with van der Waals surface area (Å²) in [5.41, 5.74) is 4.14. The number of thioether (sulfide) groups is 1. The first-order chi connectivity index (χ1) is 9.67. The van der Waals surface area contributed by atoms with Gasteiger partial charge in [0.05, 0.1) is 0 Å². The van der Waals surface area contributed by atoms with E-state index in [2.05, 4.69) is 32.0 Å². The van der Waals surface area contributed by atoms with Gasteiger partial charge in [0.1, 0.15) is 5.04 Å². The van der Waals surface area contributed by atoms with Crippen molar-refractivity contribution in [2.75, 3.05) is 0 Å². The minimum Gasteiger partial charge on any atom is -0.250 e. The molecule has 0 N–H and O–H groups in total. The molecule has 1 heterocycles. The van der Waals surface area contributed by atoms with Gasteiger partial charge in [-0.05, 0) is 38.2 Å². The molecule has 0 saturated heterocycles. The Morgan fingerprint density at radius 3 is 2.65 bits per heavy atom. The Balaban J connectivity index is 2.17. The average Bonchev–Trinajstić information content (AvgIpc) is 3.05. The molecule has 108 valence electrons. The molecule has 0 bridgehead atoms. The largest absolute Gasteiger partial charge is 0.250 e. The van der Waals surface area contributed by atoms with E-state index in [1.165, 1.54) is 60.1 Å². The van der Waals surface area contributed by atoms with E-state index in [0.29, 0.717) is 0 Å². The van der Waals surface area contributed by atoms with E-state index in [9.17, 15) is 0 Å². The SMILES string of the molecule is C=CN=C1SC(C=C)=C(C)/C1=C(/C)CCC1CCCC1. The lowest BCUT2D eigenvalue weighted by atomic mass is 9.94. The Bertz CT molecular complexity index is 488. The number of aliphatic imine (C=N–C) groups is 1. The van der Waals surface area contributed by atoms with Gasteiger partial charge in [-0.3, -0.25) is 0 Å². The van der Waals surface area contributed by atoms with Gasteiger partial charge in [-0.1, -0.05) is 62.3 Å². The van der Waals surface area contributed by atoms with Crippen LogP contribution in [0.25, 0.3) is 0 Å². The monoisotopic (exact) mass is 287 g/mol. The van der Waals surface area contributed by atoms with Gasteiger partial charge in [-0.2, -0.15) is 0 Å². The molecule has 0 atom stereocenters. The highest BCUT2D eigenvalue weighted by molar-refractivity contribution is 8.18. The zero-order valence-electron chi connectivity index (χ0n) is 12.7. The molecule has 0 unspecified atom stereocenters. The fourth-order valence-electron chi connectivity index (χ4n) is 3.23. The van der Waals surface area contributed by atoms with Crippen LogP contribution in [0.15, 0.2) is 52.1 Å². The Hall–Kier alpha value is -1.02. The molecule has 2 aliphatic rings. The van der Waals surface area contributed by atoms with Crippen LogP contribution < -0.4 is 0 Å². The van der Waals surface area contributed by atoms with Crippen LogP contribution in [0.4, 0.5) is 0 Å². The van der Waals surface area contributed by atoms with Gasteiger partial charge in [0.2, 0.25) is 0 Å². The van der Waals surface area contributed by atoms with Gasteiger partial charge < -0.3 is 0 Å². The average molecular weight is 287 g/mol. The third kappa shape index (κ3) is 3.35. The first kappa shape index (κ1) is 15.4. The summed E-state index contributed by atoms with van der Waals surface area (Å²) in [4.78, 5) is 5.69. The highest BCUT2D eigenvalue weighted by Gasteiger charge is 2.24. The summed E-state index contributed by atoms with van der Waals surface area (Å²) < 4.78 is 0. The van der Waals surface area contributed by atoms with Crippen LogP contribution in [0.1, 0.15) is 52.4 Å². The third-order valence-corrected chi connectivity index (χ3v) is 5.58. The highest BCUT2D eigenvalue weighted by Crippen LogP contribution is 2.41. The molecule has 1 aliphatic heterocycles. The minimum absolute atomic E-state index is 0.947. The van der Waals surface area contributed by atoms with Gasteiger partial charge >= 0.3 is 0 Å². The molecule has 0 spiro atoms. The second-order valence-corrected chi connectivity index (χ2v) is 6.79. The number of allylic oxidation sites excluding steroid dienone is 3. The van der Waals surface area contributed by atoms with E-state index in [0.717, 1.165) is 11.0 Å². The molecule has 0 amide bonds. The van der Waals surface area contributed by atoms with Crippen LogP contribution in [0.2, 0.25) is 0 Å². The van der Waals surface area contributed by atoms with Crippen molar-refractivity contribution in [1.82, 2.24) is 0 Å². The van der Waals surface area contributed by atoms with Crippen LogP contribution in [-0.4, -0.2) is 5.04 Å². The Morgan fingerprint density at radius 1 is 1.35 bits per heavy atom. The summed E-state index contributed by atoms with van der Waals surface area (Å²) in [5, 5.41) is 1.09. The molecule has 20 heavy (non-hydrogen) atoms. The van der Waals surface area contributed by atoms with E-state index in [4.69, 9.17) is 0 Å². The van der Waals surface area contributed by atoms with Crippen LogP contribution in [0.3, 0.4) is 0 Å². The number of hydrogen-bond acceptors (Lipinski definition) is 2. The van der Waals surface area contributed by atoms with Crippen molar-refractivity contribution in [2.45, 2.75) is 52.4 Å². The van der Waals surface area contributed by atoms with Crippen LogP contribution >= 0.6 is 11.8 Å². The first-order valence-corrected chi connectivity index (χ1v) is 8.39. The minimum atomic E-state index is 0.947. The quantitative estimate of drug-likeness (QED) is 0.602. The fraction of sp³-hybridized carbons (Fsp3) is 0.500. The van der Waals surface area contributed by atoms with Crippen LogP contribution in [0.5, 0.6) is 0 Å². The molecule has 0 aromatic heterocycles. The summed E-state index contributed by atoms with van der Waals surface area (Å²) in [6.45, 7) is 12.1. The maximum Gasteiger partial charge on any atom is 0.108 e.